The lowest BCUT2D eigenvalue weighted by Gasteiger charge is -2.34. The standard InChI is InChI=1S/C16H18F3N3O2/c17-16(18,19)15(24)11-4-7-21(8-5-11)14(23)9-12-10-22-6-2-1-3-13(22)20-12/h1-3,6,10-11,15,24H,4-5,7-9H2. The van der Waals surface area contributed by atoms with Crippen LogP contribution in [-0.2, 0) is 11.2 Å². The van der Waals surface area contributed by atoms with Gasteiger partial charge in [0.05, 0.1) is 12.1 Å². The van der Waals surface area contributed by atoms with Crippen molar-refractivity contribution < 1.29 is 23.1 Å². The van der Waals surface area contributed by atoms with Crippen LogP contribution in [0.25, 0.3) is 5.65 Å². The molecule has 0 spiro atoms. The number of aliphatic hydroxyl groups is 1. The van der Waals surface area contributed by atoms with Gasteiger partial charge in [-0.3, -0.25) is 4.79 Å². The van der Waals surface area contributed by atoms with Crippen LogP contribution in [0.4, 0.5) is 13.2 Å². The second-order valence-corrected chi connectivity index (χ2v) is 6.08. The van der Waals surface area contributed by atoms with E-state index in [9.17, 15) is 23.1 Å². The molecule has 2 aromatic rings. The molecular formula is C16H18F3N3O2. The molecule has 1 saturated heterocycles. The van der Waals surface area contributed by atoms with Crippen molar-refractivity contribution in [3.63, 3.8) is 0 Å². The molecule has 0 bridgehead atoms. The number of aromatic nitrogens is 2. The van der Waals surface area contributed by atoms with E-state index in [0.29, 0.717) is 5.69 Å². The minimum absolute atomic E-state index is 0.119. The van der Waals surface area contributed by atoms with E-state index in [2.05, 4.69) is 4.98 Å². The number of piperidine rings is 1. The zero-order valence-electron chi connectivity index (χ0n) is 12.9. The normalized spacial score (nSPS) is 18.1. The Balaban J connectivity index is 1.57. The summed E-state index contributed by atoms with van der Waals surface area (Å²) in [6.45, 7) is 0.452. The molecule has 3 heterocycles. The molecule has 1 fully saturated rings. The number of pyridine rings is 1. The van der Waals surface area contributed by atoms with Crippen molar-refractivity contribution in [3.8, 4) is 0 Å². The highest BCUT2D eigenvalue weighted by atomic mass is 19.4. The van der Waals surface area contributed by atoms with E-state index in [-0.39, 0.29) is 38.3 Å². The Morgan fingerprint density at radius 2 is 2.04 bits per heavy atom. The number of rotatable bonds is 3. The van der Waals surface area contributed by atoms with Crippen LogP contribution in [0.1, 0.15) is 18.5 Å². The quantitative estimate of drug-likeness (QED) is 0.929. The Labute approximate surface area is 136 Å². The molecule has 3 rings (SSSR count). The Kier molecular flexibility index (Phi) is 4.49. The van der Waals surface area contributed by atoms with Crippen molar-refractivity contribution in [2.75, 3.05) is 13.1 Å². The van der Waals surface area contributed by atoms with E-state index in [0.717, 1.165) is 5.65 Å². The number of carbonyl (C=O) groups excluding carboxylic acids is 1. The fraction of sp³-hybridized carbons (Fsp3) is 0.500. The lowest BCUT2D eigenvalue weighted by molar-refractivity contribution is -0.222. The maximum absolute atomic E-state index is 12.5. The number of fused-ring (bicyclic) bond motifs is 1. The first kappa shape index (κ1) is 16.8. The van der Waals surface area contributed by atoms with E-state index < -0.39 is 18.2 Å². The Bertz CT molecular complexity index is 688. The van der Waals surface area contributed by atoms with Crippen LogP contribution < -0.4 is 0 Å². The summed E-state index contributed by atoms with van der Waals surface area (Å²) < 4.78 is 39.4. The van der Waals surface area contributed by atoms with Gasteiger partial charge in [-0.1, -0.05) is 6.07 Å². The summed E-state index contributed by atoms with van der Waals surface area (Å²) in [6, 6.07) is 5.54. The number of amides is 1. The van der Waals surface area contributed by atoms with E-state index in [1.54, 1.807) is 11.1 Å². The molecule has 8 heteroatoms. The molecule has 1 aliphatic rings. The van der Waals surface area contributed by atoms with Crippen LogP contribution in [0.5, 0.6) is 0 Å². The topological polar surface area (TPSA) is 57.8 Å². The summed E-state index contributed by atoms with van der Waals surface area (Å²) in [6.07, 6.45) is -2.89. The van der Waals surface area contributed by atoms with Gasteiger partial charge in [-0.05, 0) is 30.9 Å². The highest BCUT2D eigenvalue weighted by Crippen LogP contribution is 2.31. The van der Waals surface area contributed by atoms with Gasteiger partial charge in [0.25, 0.3) is 0 Å². The second kappa shape index (κ2) is 6.43. The van der Waals surface area contributed by atoms with Gasteiger partial charge in [-0.2, -0.15) is 13.2 Å². The second-order valence-electron chi connectivity index (χ2n) is 6.08. The number of hydrogen-bond acceptors (Lipinski definition) is 3. The van der Waals surface area contributed by atoms with Crippen LogP contribution in [0, 0.1) is 5.92 Å². The smallest absolute Gasteiger partial charge is 0.383 e. The van der Waals surface area contributed by atoms with E-state index in [1.807, 2.05) is 28.8 Å². The molecule has 0 radical (unpaired) electrons. The summed E-state index contributed by atoms with van der Waals surface area (Å²) >= 11 is 0. The van der Waals surface area contributed by atoms with Gasteiger partial charge in [0, 0.05) is 25.5 Å². The molecule has 1 atom stereocenters. The van der Waals surface area contributed by atoms with Crippen molar-refractivity contribution in [3.05, 3.63) is 36.3 Å². The fourth-order valence-electron chi connectivity index (χ4n) is 3.07. The molecule has 1 amide bonds. The Hall–Kier alpha value is -2.09. The van der Waals surface area contributed by atoms with Gasteiger partial charge in [-0.15, -0.1) is 0 Å². The molecule has 1 aliphatic heterocycles. The van der Waals surface area contributed by atoms with Gasteiger partial charge in [0.15, 0.2) is 6.10 Å². The van der Waals surface area contributed by atoms with Crippen LogP contribution in [-0.4, -0.2) is 50.7 Å². The summed E-state index contributed by atoms with van der Waals surface area (Å²) in [5.74, 6) is -0.998. The highest BCUT2D eigenvalue weighted by molar-refractivity contribution is 5.78. The summed E-state index contributed by atoms with van der Waals surface area (Å²) in [7, 11) is 0. The van der Waals surface area contributed by atoms with E-state index in [4.69, 9.17) is 0 Å². The molecule has 0 aliphatic carbocycles. The van der Waals surface area contributed by atoms with Gasteiger partial charge >= 0.3 is 6.18 Å². The van der Waals surface area contributed by atoms with Gasteiger partial charge < -0.3 is 14.4 Å². The predicted molar refractivity (Wildman–Crippen MR) is 80.3 cm³/mol. The van der Waals surface area contributed by atoms with Crippen LogP contribution >= 0.6 is 0 Å². The van der Waals surface area contributed by atoms with E-state index >= 15 is 0 Å². The lowest BCUT2D eigenvalue weighted by atomic mass is 9.90. The van der Waals surface area contributed by atoms with Crippen molar-refractivity contribution in [1.29, 1.82) is 0 Å². The van der Waals surface area contributed by atoms with Gasteiger partial charge in [-0.25, -0.2) is 4.98 Å². The summed E-state index contributed by atoms with van der Waals surface area (Å²) in [4.78, 5) is 18.2. The first-order chi connectivity index (χ1) is 11.3. The number of carbonyl (C=O) groups is 1. The SMILES string of the molecule is O=C(Cc1cn2ccccc2n1)N1CCC(C(O)C(F)(F)F)CC1. The number of alkyl halides is 3. The largest absolute Gasteiger partial charge is 0.414 e. The van der Waals surface area contributed by atoms with Crippen molar-refractivity contribution in [2.24, 2.45) is 5.92 Å². The fourth-order valence-corrected chi connectivity index (χ4v) is 3.07. The third-order valence-electron chi connectivity index (χ3n) is 4.42. The van der Waals surface area contributed by atoms with Crippen molar-refractivity contribution in [1.82, 2.24) is 14.3 Å². The number of halogens is 3. The maximum atomic E-state index is 12.5. The molecule has 24 heavy (non-hydrogen) atoms. The third kappa shape index (κ3) is 3.53. The minimum Gasteiger partial charge on any atom is -0.383 e. The lowest BCUT2D eigenvalue weighted by Crippen LogP contribution is -2.45. The minimum atomic E-state index is -4.60. The first-order valence-electron chi connectivity index (χ1n) is 7.80. The number of imidazole rings is 1. The first-order valence-corrected chi connectivity index (χ1v) is 7.80. The molecule has 1 N–H and O–H groups in total. The molecule has 2 aromatic heterocycles. The van der Waals surface area contributed by atoms with Crippen LogP contribution in [0.15, 0.2) is 30.6 Å². The third-order valence-corrected chi connectivity index (χ3v) is 4.42. The predicted octanol–water partition coefficient (Wildman–Crippen LogP) is 2.04. The number of nitrogens with zero attached hydrogens (tertiary/aromatic N) is 3. The molecule has 0 saturated carbocycles. The van der Waals surface area contributed by atoms with Crippen molar-refractivity contribution in [2.45, 2.75) is 31.5 Å². The Morgan fingerprint density at radius 3 is 2.67 bits per heavy atom. The monoisotopic (exact) mass is 341 g/mol. The van der Waals surface area contributed by atoms with Crippen LogP contribution in [0.2, 0.25) is 0 Å². The average molecular weight is 341 g/mol. The summed E-state index contributed by atoms with van der Waals surface area (Å²) in [5.41, 5.74) is 1.37. The molecular weight excluding hydrogens is 323 g/mol. The zero-order valence-corrected chi connectivity index (χ0v) is 12.9. The molecule has 130 valence electrons. The molecule has 1 unspecified atom stereocenters. The molecule has 5 nitrogen and oxygen atoms in total. The van der Waals surface area contributed by atoms with Gasteiger partial charge in [0.2, 0.25) is 5.91 Å². The average Bonchev–Trinajstić information content (AvgIpc) is 2.95. The number of aliphatic hydroxyl groups excluding tert-OH is 1. The number of hydrogen-bond donors (Lipinski definition) is 1. The highest BCUT2D eigenvalue weighted by Gasteiger charge is 2.44. The Morgan fingerprint density at radius 1 is 1.33 bits per heavy atom. The van der Waals surface area contributed by atoms with Crippen molar-refractivity contribution >= 4 is 11.6 Å². The number of likely N-dealkylation sites (tertiary alicyclic amines) is 1. The maximum Gasteiger partial charge on any atom is 0.414 e. The van der Waals surface area contributed by atoms with E-state index in [1.165, 1.54) is 0 Å². The molecule has 0 aromatic carbocycles. The summed E-state index contributed by atoms with van der Waals surface area (Å²) in [5, 5.41) is 9.31. The zero-order chi connectivity index (χ0) is 17.3. The van der Waals surface area contributed by atoms with Gasteiger partial charge in [0.1, 0.15) is 5.65 Å². The van der Waals surface area contributed by atoms with Crippen LogP contribution in [0.3, 0.4) is 0 Å².